The first-order valence-corrected chi connectivity index (χ1v) is 10.9. The molecule has 29 heavy (non-hydrogen) atoms. The number of rotatable bonds is 2. The number of benzene rings is 1. The zero-order valence-corrected chi connectivity index (χ0v) is 17.5. The minimum absolute atomic E-state index is 0.0212. The lowest BCUT2D eigenvalue weighted by Crippen LogP contribution is -2.65. The van der Waals surface area contributed by atoms with Gasteiger partial charge in [-0.15, -0.1) is 0 Å². The summed E-state index contributed by atoms with van der Waals surface area (Å²) in [7, 11) is 3.50. The maximum absolute atomic E-state index is 10.5. The number of methoxy groups -OCH3 is 2. The number of aliphatic hydroxyl groups is 1. The third kappa shape index (κ3) is 2.18. The van der Waals surface area contributed by atoms with Gasteiger partial charge in [0.25, 0.3) is 0 Å². The van der Waals surface area contributed by atoms with Crippen molar-refractivity contribution >= 4 is 10.9 Å². The highest BCUT2D eigenvalue weighted by Crippen LogP contribution is 2.65. The third-order valence-electron chi connectivity index (χ3n) is 8.54. The fraction of sp³-hybridized carbons (Fsp3) is 0.583. The highest BCUT2D eigenvalue weighted by atomic mass is 16.5. The van der Waals surface area contributed by atoms with Gasteiger partial charge in [0.15, 0.2) is 0 Å². The molecule has 2 aliphatic carbocycles. The summed E-state index contributed by atoms with van der Waals surface area (Å²) in [5.74, 6) is 2.85. The molecule has 6 rings (SSSR count). The highest BCUT2D eigenvalue weighted by Gasteiger charge is 2.63. The summed E-state index contributed by atoms with van der Waals surface area (Å²) in [6.07, 6.45) is 6.10. The van der Waals surface area contributed by atoms with Crippen LogP contribution in [0.3, 0.4) is 0 Å². The first kappa shape index (κ1) is 17.8. The van der Waals surface area contributed by atoms with Crippen LogP contribution in [0.15, 0.2) is 30.0 Å². The maximum atomic E-state index is 10.5. The van der Waals surface area contributed by atoms with Crippen molar-refractivity contribution in [1.29, 1.82) is 0 Å². The molecular formula is C24H30N2O3. The Bertz CT molecular complexity index is 1030. The monoisotopic (exact) mass is 394 g/mol. The molecule has 0 amide bonds. The van der Waals surface area contributed by atoms with Gasteiger partial charge in [0, 0.05) is 47.1 Å². The van der Waals surface area contributed by atoms with Gasteiger partial charge in [-0.2, -0.15) is 0 Å². The van der Waals surface area contributed by atoms with Crippen molar-refractivity contribution in [3.63, 3.8) is 0 Å². The Morgan fingerprint density at radius 1 is 1.21 bits per heavy atom. The number of aromatic nitrogens is 1. The van der Waals surface area contributed by atoms with Crippen LogP contribution < -0.4 is 4.74 Å². The van der Waals surface area contributed by atoms with Crippen LogP contribution in [-0.4, -0.2) is 48.4 Å². The zero-order valence-electron chi connectivity index (χ0n) is 17.5. The van der Waals surface area contributed by atoms with Crippen molar-refractivity contribution in [2.24, 2.45) is 17.3 Å². The molecule has 1 aromatic heterocycles. The molecule has 0 radical (unpaired) electrons. The molecule has 1 saturated carbocycles. The summed E-state index contributed by atoms with van der Waals surface area (Å²) in [4.78, 5) is 6.47. The van der Waals surface area contributed by atoms with Crippen LogP contribution in [0.1, 0.15) is 37.4 Å². The van der Waals surface area contributed by atoms with E-state index in [-0.39, 0.29) is 17.1 Å². The first-order chi connectivity index (χ1) is 14.0. The molecule has 154 valence electrons. The van der Waals surface area contributed by atoms with Gasteiger partial charge in [0.2, 0.25) is 0 Å². The van der Waals surface area contributed by atoms with Gasteiger partial charge in [-0.3, -0.25) is 4.90 Å². The van der Waals surface area contributed by atoms with E-state index in [1.807, 2.05) is 0 Å². The van der Waals surface area contributed by atoms with E-state index in [1.54, 1.807) is 14.2 Å². The number of piperidine rings is 1. The topological polar surface area (TPSA) is 57.7 Å². The molecule has 5 nitrogen and oxygen atoms in total. The van der Waals surface area contributed by atoms with E-state index in [9.17, 15) is 5.11 Å². The summed E-state index contributed by atoms with van der Waals surface area (Å²) in [6, 6.07) is 6.40. The molecule has 5 atom stereocenters. The number of allylic oxidation sites excluding steroid dienone is 2. The van der Waals surface area contributed by atoms with Crippen LogP contribution >= 0.6 is 0 Å². The molecule has 2 aromatic rings. The average Bonchev–Trinajstić information content (AvgIpc) is 3.09. The van der Waals surface area contributed by atoms with Crippen LogP contribution in [0.5, 0.6) is 5.75 Å². The fourth-order valence-corrected chi connectivity index (χ4v) is 7.14. The smallest absolute Gasteiger partial charge is 0.120 e. The molecule has 4 aliphatic rings. The van der Waals surface area contributed by atoms with E-state index in [0.717, 1.165) is 50.3 Å². The first-order valence-electron chi connectivity index (χ1n) is 10.9. The van der Waals surface area contributed by atoms with E-state index in [2.05, 4.69) is 41.1 Å². The maximum Gasteiger partial charge on any atom is 0.120 e. The molecule has 5 heteroatoms. The summed E-state index contributed by atoms with van der Waals surface area (Å²) in [6.45, 7) is 4.55. The predicted molar refractivity (Wildman–Crippen MR) is 112 cm³/mol. The number of aliphatic hydroxyl groups excluding tert-OH is 1. The third-order valence-corrected chi connectivity index (χ3v) is 8.54. The second kappa shape index (κ2) is 5.79. The molecule has 1 aromatic carbocycles. The van der Waals surface area contributed by atoms with E-state index in [0.29, 0.717) is 11.8 Å². The average molecular weight is 395 g/mol. The van der Waals surface area contributed by atoms with Gasteiger partial charge >= 0.3 is 0 Å². The second-order valence-corrected chi connectivity index (χ2v) is 9.77. The molecule has 1 saturated heterocycles. The molecule has 0 bridgehead atoms. The molecule has 1 spiro atoms. The lowest BCUT2D eigenvalue weighted by molar-refractivity contribution is -0.135. The Morgan fingerprint density at radius 3 is 2.86 bits per heavy atom. The van der Waals surface area contributed by atoms with E-state index in [1.165, 1.54) is 22.2 Å². The summed E-state index contributed by atoms with van der Waals surface area (Å²) >= 11 is 0. The molecular weight excluding hydrogens is 364 g/mol. The highest BCUT2D eigenvalue weighted by molar-refractivity contribution is 5.86. The van der Waals surface area contributed by atoms with E-state index in [4.69, 9.17) is 9.47 Å². The lowest BCUT2D eigenvalue weighted by atomic mass is 9.47. The number of hydrogen-bond donors (Lipinski definition) is 2. The van der Waals surface area contributed by atoms with Gasteiger partial charge in [-0.1, -0.05) is 0 Å². The van der Waals surface area contributed by atoms with Crippen molar-refractivity contribution in [1.82, 2.24) is 9.88 Å². The van der Waals surface area contributed by atoms with Crippen LogP contribution in [-0.2, 0) is 16.7 Å². The van der Waals surface area contributed by atoms with Crippen LogP contribution in [0.25, 0.3) is 10.9 Å². The van der Waals surface area contributed by atoms with Crippen LogP contribution in [0, 0.1) is 17.3 Å². The SMILES string of the molecule is COC1=C[C@]23C[C@]4(C)c5[nH]c6cc(OC)ccc6c5CCN4C[C@H]2C[C@@H](O)C[C@@H]13. The van der Waals surface area contributed by atoms with Gasteiger partial charge in [-0.25, -0.2) is 0 Å². The largest absolute Gasteiger partial charge is 0.501 e. The van der Waals surface area contributed by atoms with Crippen molar-refractivity contribution in [3.05, 3.63) is 41.3 Å². The van der Waals surface area contributed by atoms with Crippen LogP contribution in [0.4, 0.5) is 0 Å². The number of aromatic amines is 1. The zero-order chi connectivity index (χ0) is 20.0. The lowest BCUT2D eigenvalue weighted by Gasteiger charge is -2.65. The molecule has 2 fully saturated rings. The summed E-state index contributed by atoms with van der Waals surface area (Å²) in [5.41, 5.74) is 4.16. The van der Waals surface area contributed by atoms with Crippen molar-refractivity contribution in [3.8, 4) is 5.75 Å². The number of ether oxygens (including phenoxy) is 2. The molecule has 2 aliphatic heterocycles. The minimum atomic E-state index is -0.206. The summed E-state index contributed by atoms with van der Waals surface area (Å²) < 4.78 is 11.1. The number of hydrogen-bond acceptors (Lipinski definition) is 4. The Labute approximate surface area is 171 Å². The van der Waals surface area contributed by atoms with E-state index >= 15 is 0 Å². The van der Waals surface area contributed by atoms with Crippen LogP contribution in [0.2, 0.25) is 0 Å². The Balaban J connectivity index is 1.47. The Hall–Kier alpha value is -1.98. The number of nitrogens with zero attached hydrogens (tertiary/aromatic N) is 1. The standard InChI is InChI=1S/C24H30N2O3/c1-23-13-24-11-21(29-3)19(24)9-15(27)8-14(24)12-26(23)7-6-18-17-5-4-16(28-2)10-20(17)25-22(18)23/h4-5,10-11,14-15,19,25,27H,6-9,12-13H2,1-3H3/t14-,15-,19+,23-,24+/m1/s1. The quantitative estimate of drug-likeness (QED) is 0.818. The molecule has 2 N–H and O–H groups in total. The number of nitrogens with one attached hydrogen (secondary N) is 1. The number of fused-ring (bicyclic) bond motifs is 5. The second-order valence-electron chi connectivity index (χ2n) is 9.77. The normalized spacial score (nSPS) is 38.2. The predicted octanol–water partition coefficient (Wildman–Crippen LogP) is 3.57. The Kier molecular flexibility index (Phi) is 3.57. The van der Waals surface area contributed by atoms with Gasteiger partial charge in [0.1, 0.15) is 5.75 Å². The Morgan fingerprint density at radius 2 is 2.07 bits per heavy atom. The van der Waals surface area contributed by atoms with E-state index < -0.39 is 0 Å². The minimum Gasteiger partial charge on any atom is -0.501 e. The van der Waals surface area contributed by atoms with Gasteiger partial charge in [-0.05, 0) is 62.3 Å². The van der Waals surface area contributed by atoms with Crippen molar-refractivity contribution in [2.45, 2.75) is 44.2 Å². The van der Waals surface area contributed by atoms with Crippen molar-refractivity contribution in [2.75, 3.05) is 27.3 Å². The fourth-order valence-electron chi connectivity index (χ4n) is 7.14. The molecule has 0 unspecified atom stereocenters. The molecule has 3 heterocycles. The number of H-pyrrole nitrogens is 1. The summed E-state index contributed by atoms with van der Waals surface area (Å²) in [5, 5.41) is 11.9. The van der Waals surface area contributed by atoms with Gasteiger partial charge < -0.3 is 19.6 Å². The van der Waals surface area contributed by atoms with Gasteiger partial charge in [0.05, 0.1) is 31.6 Å². The van der Waals surface area contributed by atoms with Crippen molar-refractivity contribution < 1.29 is 14.6 Å².